The highest BCUT2D eigenvalue weighted by atomic mass is 32.1. The lowest BCUT2D eigenvalue weighted by atomic mass is 10.1. The first-order chi connectivity index (χ1) is 9.68. The summed E-state index contributed by atoms with van der Waals surface area (Å²) in [5.74, 6) is 0. The van der Waals surface area contributed by atoms with E-state index in [9.17, 15) is 5.11 Å². The summed E-state index contributed by atoms with van der Waals surface area (Å²) >= 11 is 1.53. The lowest BCUT2D eigenvalue weighted by Crippen LogP contribution is -2.27. The third-order valence-electron chi connectivity index (χ3n) is 2.92. The van der Waals surface area contributed by atoms with Crippen LogP contribution in [0.3, 0.4) is 0 Å². The maximum absolute atomic E-state index is 10.3. The van der Waals surface area contributed by atoms with E-state index < -0.39 is 5.60 Å². The van der Waals surface area contributed by atoms with Crippen molar-refractivity contribution in [3.63, 3.8) is 0 Å². The molecule has 1 aromatic heterocycles. The van der Waals surface area contributed by atoms with Crippen molar-refractivity contribution in [1.82, 2.24) is 0 Å². The van der Waals surface area contributed by atoms with Gasteiger partial charge in [-0.3, -0.25) is 0 Å². The molecule has 0 saturated carbocycles. The van der Waals surface area contributed by atoms with Gasteiger partial charge in [0.15, 0.2) is 0 Å². The number of hydrogen-bond donors (Lipinski definition) is 1. The maximum atomic E-state index is 10.3. The topological polar surface area (TPSA) is 38.7 Å². The third kappa shape index (κ3) is 4.72. The Kier molecular flexibility index (Phi) is 5.73. The number of benzene rings is 1. The van der Waals surface area contributed by atoms with Gasteiger partial charge in [0.05, 0.1) is 26.4 Å². The Morgan fingerprint density at radius 2 is 1.80 bits per heavy atom. The summed E-state index contributed by atoms with van der Waals surface area (Å²) in [7, 11) is 0. The molecule has 0 amide bonds. The van der Waals surface area contributed by atoms with Gasteiger partial charge in [-0.15, -0.1) is 11.3 Å². The molecule has 1 atom stereocenters. The molecule has 108 valence electrons. The van der Waals surface area contributed by atoms with Crippen LogP contribution in [-0.2, 0) is 21.7 Å². The van der Waals surface area contributed by atoms with Gasteiger partial charge in [-0.25, -0.2) is 0 Å². The average molecular weight is 292 g/mol. The van der Waals surface area contributed by atoms with Crippen LogP contribution in [0.2, 0.25) is 0 Å². The Balaban J connectivity index is 1.60. The van der Waals surface area contributed by atoms with Gasteiger partial charge in [-0.05, 0) is 23.9 Å². The van der Waals surface area contributed by atoms with Crippen LogP contribution in [-0.4, -0.2) is 24.9 Å². The van der Waals surface area contributed by atoms with Gasteiger partial charge in [0.2, 0.25) is 0 Å². The largest absolute Gasteiger partial charge is 0.382 e. The van der Waals surface area contributed by atoms with E-state index in [1.165, 1.54) is 11.3 Å². The highest BCUT2D eigenvalue weighted by molar-refractivity contribution is 7.10. The molecule has 0 saturated heterocycles. The van der Waals surface area contributed by atoms with Crippen LogP contribution in [0.4, 0.5) is 0 Å². The smallest absolute Gasteiger partial charge is 0.119 e. The van der Waals surface area contributed by atoms with Gasteiger partial charge in [0, 0.05) is 4.88 Å². The van der Waals surface area contributed by atoms with Crippen molar-refractivity contribution in [3.05, 3.63) is 58.3 Å². The van der Waals surface area contributed by atoms with Gasteiger partial charge in [-0.2, -0.15) is 0 Å². The van der Waals surface area contributed by atoms with E-state index >= 15 is 0 Å². The molecular weight excluding hydrogens is 272 g/mol. The minimum atomic E-state index is -0.923. The first-order valence-electron chi connectivity index (χ1n) is 6.64. The first kappa shape index (κ1) is 15.2. The van der Waals surface area contributed by atoms with Crippen LogP contribution in [0, 0.1) is 0 Å². The molecule has 20 heavy (non-hydrogen) atoms. The fraction of sp³-hybridized carbons (Fsp3) is 0.375. The van der Waals surface area contributed by atoms with Crippen molar-refractivity contribution < 1.29 is 14.6 Å². The molecule has 0 unspecified atom stereocenters. The SMILES string of the molecule is C[C@](O)(COCCOCc1ccccc1)c1cccs1. The van der Waals surface area contributed by atoms with Crippen molar-refractivity contribution in [1.29, 1.82) is 0 Å². The van der Waals surface area contributed by atoms with E-state index in [2.05, 4.69) is 0 Å². The first-order valence-corrected chi connectivity index (χ1v) is 7.52. The molecule has 0 bridgehead atoms. The molecule has 1 aromatic carbocycles. The van der Waals surface area contributed by atoms with Crippen LogP contribution >= 0.6 is 11.3 Å². The van der Waals surface area contributed by atoms with Gasteiger partial charge in [-0.1, -0.05) is 36.4 Å². The van der Waals surface area contributed by atoms with Gasteiger partial charge >= 0.3 is 0 Å². The minimum absolute atomic E-state index is 0.280. The quantitative estimate of drug-likeness (QED) is 0.759. The molecule has 2 rings (SSSR count). The second-order valence-corrected chi connectivity index (χ2v) is 5.79. The van der Waals surface area contributed by atoms with E-state index in [4.69, 9.17) is 9.47 Å². The zero-order chi connectivity index (χ0) is 14.3. The second-order valence-electron chi connectivity index (χ2n) is 4.84. The fourth-order valence-electron chi connectivity index (χ4n) is 1.81. The number of ether oxygens (including phenoxy) is 2. The molecule has 3 nitrogen and oxygen atoms in total. The Morgan fingerprint density at radius 1 is 1.05 bits per heavy atom. The molecule has 0 aliphatic rings. The van der Waals surface area contributed by atoms with Gasteiger partial charge in [0.1, 0.15) is 5.60 Å². The summed E-state index contributed by atoms with van der Waals surface area (Å²) < 4.78 is 11.0. The van der Waals surface area contributed by atoms with Crippen molar-refractivity contribution in [3.8, 4) is 0 Å². The second kappa shape index (κ2) is 7.55. The van der Waals surface area contributed by atoms with Crippen molar-refractivity contribution in [2.75, 3.05) is 19.8 Å². The number of hydrogen-bond acceptors (Lipinski definition) is 4. The standard InChI is InChI=1S/C16H20O3S/c1-16(17,15-8-5-11-20-15)13-19-10-9-18-12-14-6-3-2-4-7-14/h2-8,11,17H,9-10,12-13H2,1H3/t16-/m0/s1. The summed E-state index contributed by atoms with van der Waals surface area (Å²) in [6, 6.07) is 13.9. The predicted octanol–water partition coefficient (Wildman–Crippen LogP) is 3.19. The molecule has 0 spiro atoms. The summed E-state index contributed by atoms with van der Waals surface area (Å²) in [5, 5.41) is 12.2. The van der Waals surface area contributed by atoms with E-state index in [0.717, 1.165) is 10.4 Å². The molecule has 2 aromatic rings. The van der Waals surface area contributed by atoms with E-state index in [0.29, 0.717) is 19.8 Å². The lowest BCUT2D eigenvalue weighted by molar-refractivity contribution is -0.0508. The Labute approximate surface area is 123 Å². The minimum Gasteiger partial charge on any atom is -0.382 e. The predicted molar refractivity (Wildman–Crippen MR) is 80.8 cm³/mol. The van der Waals surface area contributed by atoms with Crippen molar-refractivity contribution in [2.45, 2.75) is 19.1 Å². The maximum Gasteiger partial charge on any atom is 0.119 e. The number of aliphatic hydroxyl groups is 1. The molecule has 1 heterocycles. The van der Waals surface area contributed by atoms with Crippen LogP contribution in [0.15, 0.2) is 47.8 Å². The third-order valence-corrected chi connectivity index (χ3v) is 4.04. The Bertz CT molecular complexity index is 480. The molecule has 4 heteroatoms. The van der Waals surface area contributed by atoms with Crippen LogP contribution in [0.25, 0.3) is 0 Å². The van der Waals surface area contributed by atoms with Crippen LogP contribution in [0.1, 0.15) is 17.4 Å². The molecule has 1 N–H and O–H groups in total. The summed E-state index contributed by atoms with van der Waals surface area (Å²) in [4.78, 5) is 0.919. The number of thiophene rings is 1. The fourth-order valence-corrected chi connectivity index (χ4v) is 2.58. The molecule has 0 fully saturated rings. The molecular formula is C16H20O3S. The average Bonchev–Trinajstić information content (AvgIpc) is 2.99. The Morgan fingerprint density at radius 3 is 2.50 bits per heavy atom. The molecule has 0 radical (unpaired) electrons. The Hall–Kier alpha value is -1.20. The highest BCUT2D eigenvalue weighted by Crippen LogP contribution is 2.25. The van der Waals surface area contributed by atoms with E-state index in [1.807, 2.05) is 47.8 Å². The zero-order valence-corrected chi connectivity index (χ0v) is 12.4. The molecule has 0 aliphatic heterocycles. The monoisotopic (exact) mass is 292 g/mol. The van der Waals surface area contributed by atoms with Crippen molar-refractivity contribution >= 4 is 11.3 Å². The van der Waals surface area contributed by atoms with Crippen LogP contribution in [0.5, 0.6) is 0 Å². The molecule has 0 aliphatic carbocycles. The number of rotatable bonds is 8. The van der Waals surface area contributed by atoms with E-state index in [1.54, 1.807) is 6.92 Å². The highest BCUT2D eigenvalue weighted by Gasteiger charge is 2.24. The van der Waals surface area contributed by atoms with Gasteiger partial charge in [0.25, 0.3) is 0 Å². The zero-order valence-electron chi connectivity index (χ0n) is 11.6. The van der Waals surface area contributed by atoms with Crippen molar-refractivity contribution in [2.24, 2.45) is 0 Å². The summed E-state index contributed by atoms with van der Waals surface area (Å²) in [6.07, 6.45) is 0. The van der Waals surface area contributed by atoms with Crippen LogP contribution < -0.4 is 0 Å². The van der Waals surface area contributed by atoms with E-state index in [-0.39, 0.29) is 6.61 Å². The van der Waals surface area contributed by atoms with Gasteiger partial charge < -0.3 is 14.6 Å². The normalized spacial score (nSPS) is 14.1. The summed E-state index contributed by atoms with van der Waals surface area (Å²) in [6.45, 7) is 3.64. The lowest BCUT2D eigenvalue weighted by Gasteiger charge is -2.21. The summed E-state index contributed by atoms with van der Waals surface area (Å²) in [5.41, 5.74) is 0.228.